The van der Waals surface area contributed by atoms with Gasteiger partial charge in [0.2, 0.25) is 5.91 Å². The van der Waals surface area contributed by atoms with Crippen molar-refractivity contribution < 1.29 is 4.79 Å². The molecular formula is C24H26N4O2. The lowest BCUT2D eigenvalue weighted by Crippen LogP contribution is -2.34. The van der Waals surface area contributed by atoms with E-state index in [2.05, 4.69) is 27.4 Å². The van der Waals surface area contributed by atoms with Crippen LogP contribution in [-0.2, 0) is 17.8 Å². The maximum absolute atomic E-state index is 12.5. The molecule has 30 heavy (non-hydrogen) atoms. The van der Waals surface area contributed by atoms with Crippen LogP contribution in [0.2, 0.25) is 0 Å². The summed E-state index contributed by atoms with van der Waals surface area (Å²) in [5.41, 5.74) is 2.90. The van der Waals surface area contributed by atoms with Crippen LogP contribution in [0, 0.1) is 5.92 Å². The molecule has 4 rings (SSSR count). The minimum atomic E-state index is -0.132. The number of hydrogen-bond donors (Lipinski definition) is 1. The summed E-state index contributed by atoms with van der Waals surface area (Å²) < 4.78 is 1.46. The van der Waals surface area contributed by atoms with E-state index in [1.165, 1.54) is 10.2 Å². The van der Waals surface area contributed by atoms with Crippen molar-refractivity contribution in [2.45, 2.75) is 19.4 Å². The number of aromatic nitrogens is 2. The summed E-state index contributed by atoms with van der Waals surface area (Å²) in [4.78, 5) is 27.1. The monoisotopic (exact) mass is 402 g/mol. The van der Waals surface area contributed by atoms with Gasteiger partial charge in [0, 0.05) is 25.7 Å². The molecule has 2 aromatic carbocycles. The van der Waals surface area contributed by atoms with Crippen LogP contribution in [0.25, 0.3) is 0 Å². The van der Waals surface area contributed by atoms with Gasteiger partial charge in [0.25, 0.3) is 5.56 Å². The number of carbonyl (C=O) groups is 1. The summed E-state index contributed by atoms with van der Waals surface area (Å²) in [5, 5.41) is 7.38. The van der Waals surface area contributed by atoms with E-state index in [0.717, 1.165) is 30.6 Å². The Labute approximate surface area is 176 Å². The third-order valence-corrected chi connectivity index (χ3v) is 5.51. The van der Waals surface area contributed by atoms with Crippen molar-refractivity contribution in [2.24, 2.45) is 5.92 Å². The summed E-state index contributed by atoms with van der Waals surface area (Å²) in [6.45, 7) is 2.45. The fourth-order valence-electron chi connectivity index (χ4n) is 3.80. The highest BCUT2D eigenvalue weighted by Gasteiger charge is 2.28. The summed E-state index contributed by atoms with van der Waals surface area (Å²) in [6, 6.07) is 21.6. The molecule has 1 aliphatic heterocycles. The topological polar surface area (TPSA) is 67.2 Å². The highest BCUT2D eigenvalue weighted by atomic mass is 16.2. The number of anilines is 1. The van der Waals surface area contributed by atoms with Gasteiger partial charge in [-0.15, -0.1) is 0 Å². The Bertz CT molecular complexity index is 1030. The van der Waals surface area contributed by atoms with Crippen LogP contribution in [0.5, 0.6) is 0 Å². The van der Waals surface area contributed by atoms with Crippen molar-refractivity contribution in [1.29, 1.82) is 0 Å². The summed E-state index contributed by atoms with van der Waals surface area (Å²) in [5.74, 6) is 0.0198. The molecule has 1 atom stereocenters. The largest absolute Gasteiger partial charge is 0.369 e. The van der Waals surface area contributed by atoms with Gasteiger partial charge in [0.1, 0.15) is 0 Å². The van der Waals surface area contributed by atoms with Gasteiger partial charge in [0.15, 0.2) is 0 Å². The second-order valence-electron chi connectivity index (χ2n) is 7.65. The Morgan fingerprint density at radius 2 is 1.73 bits per heavy atom. The molecule has 0 aliphatic carbocycles. The molecular weight excluding hydrogens is 376 g/mol. The van der Waals surface area contributed by atoms with Gasteiger partial charge in [-0.3, -0.25) is 9.59 Å². The highest BCUT2D eigenvalue weighted by Crippen LogP contribution is 2.22. The second kappa shape index (κ2) is 9.39. The zero-order chi connectivity index (χ0) is 20.8. The normalized spacial score (nSPS) is 15.9. The average molecular weight is 402 g/mol. The molecule has 1 N–H and O–H groups in total. The molecule has 1 unspecified atom stereocenters. The Morgan fingerprint density at radius 3 is 2.43 bits per heavy atom. The maximum Gasteiger partial charge on any atom is 0.269 e. The SMILES string of the molecule is O=C(NCCc1ccccc1)C1CCN(c2cnn(Cc3ccccc3)c(=O)c2)C1. The fraction of sp³-hybridized carbons (Fsp3) is 0.292. The molecule has 6 heteroatoms. The minimum absolute atomic E-state index is 0.0625. The van der Waals surface area contributed by atoms with Crippen molar-refractivity contribution in [3.05, 3.63) is 94.4 Å². The number of benzene rings is 2. The molecule has 1 amide bonds. The standard InChI is InChI=1S/C24H26N4O2/c29-23-15-22(16-26-28(23)17-20-9-5-2-6-10-20)27-14-12-21(18-27)24(30)25-13-11-19-7-3-1-4-8-19/h1-10,15-16,21H,11-14,17-18H2,(H,25,30). The molecule has 0 saturated carbocycles. The van der Waals surface area contributed by atoms with Gasteiger partial charge >= 0.3 is 0 Å². The fourth-order valence-corrected chi connectivity index (χ4v) is 3.80. The molecule has 0 bridgehead atoms. The number of rotatable bonds is 7. The molecule has 1 fully saturated rings. The lowest BCUT2D eigenvalue weighted by atomic mass is 10.1. The van der Waals surface area contributed by atoms with E-state index in [9.17, 15) is 9.59 Å². The van der Waals surface area contributed by atoms with Gasteiger partial charge in [-0.25, -0.2) is 4.68 Å². The second-order valence-corrected chi connectivity index (χ2v) is 7.65. The number of hydrogen-bond acceptors (Lipinski definition) is 4. The number of carbonyl (C=O) groups excluding carboxylic acids is 1. The van der Waals surface area contributed by atoms with Gasteiger partial charge < -0.3 is 10.2 Å². The lowest BCUT2D eigenvalue weighted by molar-refractivity contribution is -0.124. The first-order valence-corrected chi connectivity index (χ1v) is 10.4. The number of amides is 1. The Kier molecular flexibility index (Phi) is 6.23. The molecule has 3 aromatic rings. The van der Waals surface area contributed by atoms with Crippen molar-refractivity contribution in [3.8, 4) is 0 Å². The summed E-state index contributed by atoms with van der Waals surface area (Å²) in [6.07, 6.45) is 3.33. The predicted molar refractivity (Wildman–Crippen MR) is 118 cm³/mol. The van der Waals surface area contributed by atoms with Crippen LogP contribution >= 0.6 is 0 Å². The van der Waals surface area contributed by atoms with Crippen molar-refractivity contribution in [1.82, 2.24) is 15.1 Å². The first-order valence-electron chi connectivity index (χ1n) is 10.4. The van der Waals surface area contributed by atoms with Gasteiger partial charge in [0.05, 0.1) is 24.3 Å². The third kappa shape index (κ3) is 4.95. The van der Waals surface area contributed by atoms with E-state index in [1.807, 2.05) is 48.5 Å². The van der Waals surface area contributed by atoms with E-state index >= 15 is 0 Å². The van der Waals surface area contributed by atoms with Crippen molar-refractivity contribution in [3.63, 3.8) is 0 Å². The molecule has 2 heterocycles. The van der Waals surface area contributed by atoms with Crippen molar-refractivity contribution in [2.75, 3.05) is 24.5 Å². The van der Waals surface area contributed by atoms with Crippen molar-refractivity contribution >= 4 is 11.6 Å². The molecule has 1 aliphatic rings. The molecule has 6 nitrogen and oxygen atoms in total. The number of nitrogens with zero attached hydrogens (tertiary/aromatic N) is 3. The third-order valence-electron chi connectivity index (χ3n) is 5.51. The first-order chi connectivity index (χ1) is 14.7. The zero-order valence-electron chi connectivity index (χ0n) is 16.9. The summed E-state index contributed by atoms with van der Waals surface area (Å²) >= 11 is 0. The van der Waals surface area contributed by atoms with Gasteiger partial charge in [-0.2, -0.15) is 5.10 Å². The molecule has 154 valence electrons. The molecule has 1 aromatic heterocycles. The highest BCUT2D eigenvalue weighted by molar-refractivity contribution is 5.80. The Morgan fingerprint density at radius 1 is 1.03 bits per heavy atom. The minimum Gasteiger partial charge on any atom is -0.369 e. The Hall–Kier alpha value is -3.41. The first kappa shape index (κ1) is 19.9. The molecule has 0 radical (unpaired) electrons. The van der Waals surface area contributed by atoms with Crippen LogP contribution in [0.1, 0.15) is 17.5 Å². The van der Waals surface area contributed by atoms with Crippen LogP contribution in [0.4, 0.5) is 5.69 Å². The van der Waals surface area contributed by atoms with Crippen LogP contribution in [0.15, 0.2) is 77.7 Å². The predicted octanol–water partition coefficient (Wildman–Crippen LogP) is 2.48. The van der Waals surface area contributed by atoms with Crippen LogP contribution < -0.4 is 15.8 Å². The smallest absolute Gasteiger partial charge is 0.269 e. The summed E-state index contributed by atoms with van der Waals surface area (Å²) in [7, 11) is 0. The zero-order valence-corrected chi connectivity index (χ0v) is 16.9. The molecule has 0 spiro atoms. The van der Waals surface area contributed by atoms with Gasteiger partial charge in [-0.1, -0.05) is 60.7 Å². The van der Waals surface area contributed by atoms with E-state index in [4.69, 9.17) is 0 Å². The van der Waals surface area contributed by atoms with E-state index in [-0.39, 0.29) is 17.4 Å². The van der Waals surface area contributed by atoms with Gasteiger partial charge in [-0.05, 0) is 24.0 Å². The van der Waals surface area contributed by atoms with E-state index < -0.39 is 0 Å². The average Bonchev–Trinajstić information content (AvgIpc) is 3.27. The van der Waals surface area contributed by atoms with E-state index in [1.54, 1.807) is 12.3 Å². The maximum atomic E-state index is 12.5. The Balaban J connectivity index is 1.31. The van der Waals surface area contributed by atoms with Crippen LogP contribution in [0.3, 0.4) is 0 Å². The van der Waals surface area contributed by atoms with E-state index in [0.29, 0.717) is 19.6 Å². The quantitative estimate of drug-likeness (QED) is 0.659. The number of nitrogens with one attached hydrogen (secondary N) is 1. The lowest BCUT2D eigenvalue weighted by Gasteiger charge is -2.18. The van der Waals surface area contributed by atoms with Crippen LogP contribution in [-0.4, -0.2) is 35.3 Å². The molecule has 1 saturated heterocycles.